The molecule has 166 valence electrons. The second-order valence-electron chi connectivity index (χ2n) is 8.00. The van der Waals surface area contributed by atoms with Crippen molar-refractivity contribution in [1.29, 1.82) is 0 Å². The van der Waals surface area contributed by atoms with Crippen LogP contribution in [-0.2, 0) is 17.8 Å². The average molecular weight is 429 g/mol. The van der Waals surface area contributed by atoms with Gasteiger partial charge >= 0.3 is 6.03 Å². The van der Waals surface area contributed by atoms with Gasteiger partial charge in [-0.05, 0) is 48.9 Å². The topological polar surface area (TPSA) is 81.5 Å². The van der Waals surface area contributed by atoms with Gasteiger partial charge in [0, 0.05) is 12.0 Å². The molecule has 3 rings (SSSR count). The molecule has 0 aromatic heterocycles. The smallest absolute Gasteiger partial charge is 0.329 e. The van der Waals surface area contributed by atoms with Crippen LogP contribution < -0.4 is 24.4 Å². The van der Waals surface area contributed by atoms with Crippen LogP contribution in [0.4, 0.5) is 4.79 Å². The van der Waals surface area contributed by atoms with Crippen molar-refractivity contribution in [1.82, 2.24) is 10.2 Å². The zero-order valence-corrected chi connectivity index (χ0v) is 18.7. The van der Waals surface area contributed by atoms with Crippen LogP contribution in [0.2, 0.25) is 0 Å². The first kappa shape index (κ1) is 22.4. The summed E-state index contributed by atoms with van der Waals surface area (Å²) in [6, 6.07) is 12.9. The van der Waals surface area contributed by atoms with E-state index in [2.05, 4.69) is 5.32 Å². The molecule has 2 aromatic rings. The van der Waals surface area contributed by atoms with Gasteiger partial charge in [0.2, 0.25) is 0 Å². The molecule has 0 spiro atoms. The zero-order chi connectivity index (χ0) is 22.6. The Hall–Kier alpha value is -3.26. The van der Waals surface area contributed by atoms with E-state index in [1.165, 1.54) is 4.90 Å². The number of rotatable bonds is 9. The van der Waals surface area contributed by atoms with Crippen molar-refractivity contribution in [2.24, 2.45) is 0 Å². The highest BCUT2D eigenvalue weighted by atomic mass is 16.5. The predicted molar refractivity (Wildman–Crippen MR) is 115 cm³/mol. The summed E-state index contributed by atoms with van der Waals surface area (Å²) in [5.41, 5.74) is 0.949. The van der Waals surface area contributed by atoms with Crippen LogP contribution in [0, 0.1) is 0 Å². The van der Waals surface area contributed by atoms with E-state index in [-0.39, 0.29) is 18.6 Å². The van der Waals surface area contributed by atoms with Gasteiger partial charge in [-0.2, -0.15) is 0 Å². The highest BCUT2D eigenvalue weighted by Gasteiger charge is 2.48. The third kappa shape index (κ3) is 4.91. The number of methoxy groups -OCH3 is 3. The summed E-state index contributed by atoms with van der Waals surface area (Å²) in [6.07, 6.45) is 0.353. The van der Waals surface area contributed by atoms with Crippen molar-refractivity contribution in [2.75, 3.05) is 35.0 Å². The van der Waals surface area contributed by atoms with Gasteiger partial charge < -0.3 is 24.4 Å². The monoisotopic (exact) mass is 428 g/mol. The Morgan fingerprint density at radius 1 is 0.935 bits per heavy atom. The lowest BCUT2D eigenvalue weighted by molar-refractivity contribution is -0.901. The summed E-state index contributed by atoms with van der Waals surface area (Å²) < 4.78 is 15.8. The fourth-order valence-electron chi connectivity index (χ4n) is 3.83. The number of nitrogens with one attached hydrogen (secondary N) is 2. The normalized spacial score (nSPS) is 19.2. The molecule has 2 atom stereocenters. The maximum atomic E-state index is 13.1. The van der Waals surface area contributed by atoms with Gasteiger partial charge in [-0.3, -0.25) is 4.79 Å². The maximum Gasteiger partial charge on any atom is 0.329 e. The third-order valence-corrected chi connectivity index (χ3v) is 5.44. The van der Waals surface area contributed by atoms with Gasteiger partial charge in [0.15, 0.2) is 18.2 Å². The molecule has 3 amide bonds. The van der Waals surface area contributed by atoms with Crippen molar-refractivity contribution in [3.05, 3.63) is 53.6 Å². The molecule has 1 unspecified atom stereocenters. The lowest BCUT2D eigenvalue weighted by Crippen LogP contribution is -3.09. The van der Waals surface area contributed by atoms with E-state index in [9.17, 15) is 9.59 Å². The molecule has 1 fully saturated rings. The Morgan fingerprint density at radius 3 is 2.19 bits per heavy atom. The molecular weight excluding hydrogens is 398 g/mol. The van der Waals surface area contributed by atoms with Crippen LogP contribution in [0.5, 0.6) is 17.2 Å². The number of amides is 3. The van der Waals surface area contributed by atoms with Gasteiger partial charge in [-0.15, -0.1) is 0 Å². The minimum Gasteiger partial charge on any atom is -0.497 e. The van der Waals surface area contributed by atoms with Crippen molar-refractivity contribution in [3.8, 4) is 17.2 Å². The number of imide groups is 1. The molecule has 8 nitrogen and oxygen atoms in total. The van der Waals surface area contributed by atoms with Gasteiger partial charge in [-0.1, -0.05) is 6.07 Å². The van der Waals surface area contributed by atoms with E-state index in [1.54, 1.807) is 34.3 Å². The molecule has 2 aromatic carbocycles. The van der Waals surface area contributed by atoms with Crippen molar-refractivity contribution < 1.29 is 28.7 Å². The molecule has 0 aliphatic carbocycles. The average Bonchev–Trinajstić information content (AvgIpc) is 2.96. The fraction of sp³-hybridized carbons (Fsp3) is 0.391. The molecule has 31 heavy (non-hydrogen) atoms. The highest BCUT2D eigenvalue weighted by molar-refractivity contribution is 6.06. The fourth-order valence-corrected chi connectivity index (χ4v) is 3.83. The number of benzene rings is 2. The minimum atomic E-state index is -1.02. The maximum absolute atomic E-state index is 13.1. The SMILES string of the molecule is COc1ccc(C[NH+](C)CN2C(=O)N[C@@](C)(Cc3ccc(OC)c(OC)c3)C2=O)cc1. The number of urea groups is 1. The molecule has 0 bridgehead atoms. The number of quaternary nitrogens is 1. The van der Waals surface area contributed by atoms with Crippen LogP contribution in [-0.4, -0.2) is 57.4 Å². The molecule has 0 radical (unpaired) electrons. The Balaban J connectivity index is 1.67. The van der Waals surface area contributed by atoms with Crippen molar-refractivity contribution in [2.45, 2.75) is 25.4 Å². The second-order valence-corrected chi connectivity index (χ2v) is 8.00. The standard InChI is InChI=1S/C23H29N3O5/c1-23(13-17-8-11-19(30-4)20(12-17)31-5)21(27)26(22(28)24-23)15-25(2)14-16-6-9-18(29-3)10-7-16/h6-12H,13-15H2,1-5H3,(H,24,28)/p+1/t23-/m0/s1. The first-order chi connectivity index (χ1) is 14.8. The lowest BCUT2D eigenvalue weighted by atomic mass is 9.92. The van der Waals surface area contributed by atoms with Crippen LogP contribution >= 0.6 is 0 Å². The molecular formula is C23H30N3O5+. The van der Waals surface area contributed by atoms with Crippen molar-refractivity contribution >= 4 is 11.9 Å². The third-order valence-electron chi connectivity index (χ3n) is 5.44. The van der Waals surface area contributed by atoms with Gasteiger partial charge in [-0.25, -0.2) is 9.69 Å². The summed E-state index contributed by atoms with van der Waals surface area (Å²) in [6.45, 7) is 2.70. The Bertz CT molecular complexity index is 947. The van der Waals surface area contributed by atoms with E-state index in [1.807, 2.05) is 43.4 Å². The molecule has 0 saturated carbocycles. The number of hydrogen-bond donors (Lipinski definition) is 2. The van der Waals surface area contributed by atoms with E-state index in [4.69, 9.17) is 14.2 Å². The molecule has 1 aliphatic heterocycles. The summed E-state index contributed by atoms with van der Waals surface area (Å²) >= 11 is 0. The van der Waals surface area contributed by atoms with Crippen LogP contribution in [0.3, 0.4) is 0 Å². The van der Waals surface area contributed by atoms with E-state index in [0.29, 0.717) is 24.5 Å². The minimum absolute atomic E-state index is 0.235. The quantitative estimate of drug-likeness (QED) is 0.588. The Labute approximate surface area is 182 Å². The van der Waals surface area contributed by atoms with E-state index >= 15 is 0 Å². The Morgan fingerprint density at radius 2 is 1.58 bits per heavy atom. The van der Waals surface area contributed by atoms with Crippen molar-refractivity contribution in [3.63, 3.8) is 0 Å². The first-order valence-electron chi connectivity index (χ1n) is 10.1. The summed E-state index contributed by atoms with van der Waals surface area (Å²) in [5.74, 6) is 1.76. The number of carbonyl (C=O) groups excluding carboxylic acids is 2. The van der Waals surface area contributed by atoms with Crippen LogP contribution in [0.1, 0.15) is 18.1 Å². The lowest BCUT2D eigenvalue weighted by Gasteiger charge is -2.23. The van der Waals surface area contributed by atoms with E-state index in [0.717, 1.165) is 21.8 Å². The number of ether oxygens (including phenoxy) is 3. The second kappa shape index (κ2) is 9.26. The van der Waals surface area contributed by atoms with Gasteiger partial charge in [0.25, 0.3) is 5.91 Å². The summed E-state index contributed by atoms with van der Waals surface area (Å²) in [5, 5.41) is 2.86. The summed E-state index contributed by atoms with van der Waals surface area (Å²) in [7, 11) is 6.72. The van der Waals surface area contributed by atoms with Gasteiger partial charge in [0.05, 0.1) is 28.4 Å². The largest absolute Gasteiger partial charge is 0.497 e. The summed E-state index contributed by atoms with van der Waals surface area (Å²) in [4.78, 5) is 28.1. The van der Waals surface area contributed by atoms with E-state index < -0.39 is 5.54 Å². The first-order valence-corrected chi connectivity index (χ1v) is 10.1. The molecule has 1 saturated heterocycles. The molecule has 2 N–H and O–H groups in total. The molecule has 1 aliphatic rings. The van der Waals surface area contributed by atoms with Crippen LogP contribution in [0.15, 0.2) is 42.5 Å². The number of nitrogens with zero attached hydrogens (tertiary/aromatic N) is 1. The highest BCUT2D eigenvalue weighted by Crippen LogP contribution is 2.30. The predicted octanol–water partition coefficient (Wildman–Crippen LogP) is 1.24. The van der Waals surface area contributed by atoms with Gasteiger partial charge in [0.1, 0.15) is 17.8 Å². The molecule has 8 heteroatoms. The number of hydrogen-bond acceptors (Lipinski definition) is 5. The van der Waals surface area contributed by atoms with Crippen LogP contribution in [0.25, 0.3) is 0 Å². The zero-order valence-electron chi connectivity index (χ0n) is 18.7. The molecule has 1 heterocycles. The number of carbonyl (C=O) groups is 2. The Kier molecular flexibility index (Phi) is 6.70.